The van der Waals surface area contributed by atoms with Crippen molar-refractivity contribution in [2.24, 2.45) is 0 Å². The molecule has 1 N–H and O–H groups in total. The van der Waals surface area contributed by atoms with Crippen molar-refractivity contribution in [1.82, 2.24) is 0 Å². The number of rotatable bonds is 5. The van der Waals surface area contributed by atoms with Crippen LogP contribution >= 0.6 is 11.6 Å². The van der Waals surface area contributed by atoms with Gasteiger partial charge >= 0.3 is 0 Å². The number of ether oxygens (including phenoxy) is 1. The van der Waals surface area contributed by atoms with E-state index in [0.717, 1.165) is 0 Å². The van der Waals surface area contributed by atoms with Crippen LogP contribution in [0, 0.1) is 0 Å². The van der Waals surface area contributed by atoms with Crippen LogP contribution in [-0.2, 0) is 22.2 Å². The van der Waals surface area contributed by atoms with E-state index in [4.69, 9.17) is 21.4 Å². The van der Waals surface area contributed by atoms with Gasteiger partial charge in [-0.2, -0.15) is 0 Å². The van der Waals surface area contributed by atoms with Crippen LogP contribution in [0.3, 0.4) is 0 Å². The smallest absolute Gasteiger partial charge is 0.182 e. The minimum absolute atomic E-state index is 0.159. The lowest BCUT2D eigenvalue weighted by molar-refractivity contribution is 0.281. The summed E-state index contributed by atoms with van der Waals surface area (Å²) in [5.41, 5.74) is 1.14. The molecule has 6 heteroatoms. The third kappa shape index (κ3) is 3.75. The van der Waals surface area contributed by atoms with Crippen LogP contribution < -0.4 is 4.74 Å². The zero-order valence-electron chi connectivity index (χ0n) is 11.4. The second-order valence-electron chi connectivity index (χ2n) is 4.52. The molecule has 0 atom stereocenters. The van der Waals surface area contributed by atoms with E-state index < -0.39 is 9.84 Å². The van der Waals surface area contributed by atoms with Crippen molar-refractivity contribution in [2.45, 2.75) is 17.3 Å². The molecule has 0 saturated carbocycles. The van der Waals surface area contributed by atoms with Gasteiger partial charge in [-0.3, -0.25) is 0 Å². The number of benzene rings is 2. The molecule has 0 aliphatic carbocycles. The molecule has 4 nitrogen and oxygen atoms in total. The summed E-state index contributed by atoms with van der Waals surface area (Å²) in [7, 11) is -2.06. The van der Waals surface area contributed by atoms with Crippen molar-refractivity contribution in [3.63, 3.8) is 0 Å². The largest absolute Gasteiger partial charge is 0.496 e. The van der Waals surface area contributed by atoms with Crippen LogP contribution in [0.1, 0.15) is 11.1 Å². The van der Waals surface area contributed by atoms with E-state index in [9.17, 15) is 8.42 Å². The maximum atomic E-state index is 12.4. The lowest BCUT2D eigenvalue weighted by Crippen LogP contribution is -2.07. The molecule has 0 saturated heterocycles. The predicted molar refractivity (Wildman–Crippen MR) is 81.3 cm³/mol. The van der Waals surface area contributed by atoms with Crippen LogP contribution in [0.2, 0.25) is 5.02 Å². The molecule has 2 aromatic carbocycles. The highest BCUT2D eigenvalue weighted by atomic mass is 35.5. The van der Waals surface area contributed by atoms with Crippen LogP contribution in [0.25, 0.3) is 0 Å². The Hall–Kier alpha value is -1.56. The topological polar surface area (TPSA) is 63.6 Å². The Labute approximate surface area is 128 Å². The molecule has 0 amide bonds. The zero-order valence-corrected chi connectivity index (χ0v) is 13.0. The summed E-state index contributed by atoms with van der Waals surface area (Å²) in [6.45, 7) is -0.159. The molecule has 0 aliphatic heterocycles. The third-order valence-corrected chi connectivity index (χ3v) is 4.93. The standard InChI is InChI=1S/C15H15ClO4S/c1-20-15-6-5-11(9-17)7-12(15)10-21(18,19)14-4-2-3-13(16)8-14/h2-8,17H,9-10H2,1H3. The number of hydrogen-bond donors (Lipinski definition) is 1. The van der Waals surface area contributed by atoms with Crippen molar-refractivity contribution in [3.8, 4) is 5.75 Å². The molecule has 0 aromatic heterocycles. The Bertz CT molecular complexity index is 741. The Morgan fingerprint density at radius 2 is 1.95 bits per heavy atom. The van der Waals surface area contributed by atoms with Gasteiger partial charge in [0.15, 0.2) is 9.84 Å². The van der Waals surface area contributed by atoms with Gasteiger partial charge in [0.1, 0.15) is 5.75 Å². The fraction of sp³-hybridized carbons (Fsp3) is 0.200. The van der Waals surface area contributed by atoms with Gasteiger partial charge < -0.3 is 9.84 Å². The first kappa shape index (κ1) is 15.8. The summed E-state index contributed by atoms with van der Waals surface area (Å²) < 4.78 is 30.1. The number of halogens is 1. The predicted octanol–water partition coefficient (Wildman–Crippen LogP) is 2.81. The number of aliphatic hydroxyl groups is 1. The minimum atomic E-state index is -3.54. The van der Waals surface area contributed by atoms with Gasteiger partial charge in [0, 0.05) is 10.6 Å². The lowest BCUT2D eigenvalue weighted by Gasteiger charge is -2.11. The fourth-order valence-corrected chi connectivity index (χ4v) is 3.64. The van der Waals surface area contributed by atoms with Crippen molar-refractivity contribution >= 4 is 21.4 Å². The Balaban J connectivity index is 2.40. The molecule has 0 radical (unpaired) electrons. The number of aliphatic hydroxyl groups excluding tert-OH is 1. The Morgan fingerprint density at radius 1 is 1.19 bits per heavy atom. The van der Waals surface area contributed by atoms with Crippen LogP contribution in [0.4, 0.5) is 0 Å². The van der Waals surface area contributed by atoms with Crippen LogP contribution in [0.15, 0.2) is 47.4 Å². The summed E-state index contributed by atoms with van der Waals surface area (Å²) in [6, 6.07) is 11.1. The van der Waals surface area contributed by atoms with E-state index in [1.54, 1.807) is 30.3 Å². The van der Waals surface area contributed by atoms with E-state index in [1.165, 1.54) is 19.2 Å². The van der Waals surface area contributed by atoms with Gasteiger partial charge in [-0.25, -0.2) is 8.42 Å². The first-order valence-electron chi connectivity index (χ1n) is 6.21. The molecule has 2 aromatic rings. The quantitative estimate of drug-likeness (QED) is 0.917. The molecule has 0 spiro atoms. The summed E-state index contributed by atoms with van der Waals surface area (Å²) in [6.07, 6.45) is 0. The first-order valence-corrected chi connectivity index (χ1v) is 8.24. The van der Waals surface area contributed by atoms with Gasteiger partial charge in [0.2, 0.25) is 0 Å². The van der Waals surface area contributed by atoms with Gasteiger partial charge in [-0.05, 0) is 35.9 Å². The Morgan fingerprint density at radius 3 is 2.57 bits per heavy atom. The number of sulfone groups is 1. The molecule has 2 rings (SSSR count). The van der Waals surface area contributed by atoms with E-state index in [2.05, 4.69) is 0 Å². The monoisotopic (exact) mass is 326 g/mol. The molecular formula is C15H15ClO4S. The van der Waals surface area contributed by atoms with E-state index in [0.29, 0.717) is 21.9 Å². The first-order chi connectivity index (χ1) is 9.96. The number of hydrogen-bond acceptors (Lipinski definition) is 4. The molecule has 0 unspecified atom stereocenters. The molecule has 0 fully saturated rings. The normalized spacial score (nSPS) is 11.4. The molecule has 0 heterocycles. The summed E-state index contributed by atoms with van der Waals surface area (Å²) >= 11 is 5.84. The molecule has 21 heavy (non-hydrogen) atoms. The summed E-state index contributed by atoms with van der Waals surface area (Å²) in [4.78, 5) is 0.159. The van der Waals surface area contributed by atoms with Crippen molar-refractivity contribution in [2.75, 3.05) is 7.11 Å². The molecule has 112 valence electrons. The molecule has 0 bridgehead atoms. The van der Waals surface area contributed by atoms with E-state index >= 15 is 0 Å². The average Bonchev–Trinajstić information content (AvgIpc) is 2.46. The average molecular weight is 327 g/mol. The van der Waals surface area contributed by atoms with Gasteiger partial charge in [-0.15, -0.1) is 0 Å². The van der Waals surface area contributed by atoms with Crippen molar-refractivity contribution < 1.29 is 18.3 Å². The zero-order chi connectivity index (χ0) is 15.5. The van der Waals surface area contributed by atoms with Gasteiger partial charge in [0.25, 0.3) is 0 Å². The molecule has 0 aliphatic rings. The highest BCUT2D eigenvalue weighted by Crippen LogP contribution is 2.26. The highest BCUT2D eigenvalue weighted by Gasteiger charge is 2.18. The highest BCUT2D eigenvalue weighted by molar-refractivity contribution is 7.90. The summed E-state index contributed by atoms with van der Waals surface area (Å²) in [5, 5.41) is 9.54. The summed E-state index contributed by atoms with van der Waals surface area (Å²) in [5.74, 6) is 0.252. The fourth-order valence-electron chi connectivity index (χ4n) is 1.99. The maximum Gasteiger partial charge on any atom is 0.182 e. The molecular weight excluding hydrogens is 312 g/mol. The second-order valence-corrected chi connectivity index (χ2v) is 6.95. The van der Waals surface area contributed by atoms with Crippen LogP contribution in [0.5, 0.6) is 5.75 Å². The number of methoxy groups -OCH3 is 1. The SMILES string of the molecule is COc1ccc(CO)cc1CS(=O)(=O)c1cccc(Cl)c1. The third-order valence-electron chi connectivity index (χ3n) is 3.03. The lowest BCUT2D eigenvalue weighted by atomic mass is 10.1. The van der Waals surface area contributed by atoms with Gasteiger partial charge in [-0.1, -0.05) is 23.7 Å². The Kier molecular flexibility index (Phi) is 4.88. The van der Waals surface area contributed by atoms with Crippen molar-refractivity contribution in [3.05, 3.63) is 58.6 Å². The van der Waals surface area contributed by atoms with E-state index in [1.807, 2.05) is 0 Å². The maximum absolute atomic E-state index is 12.4. The minimum Gasteiger partial charge on any atom is -0.496 e. The van der Waals surface area contributed by atoms with E-state index in [-0.39, 0.29) is 17.3 Å². The van der Waals surface area contributed by atoms with Gasteiger partial charge in [0.05, 0.1) is 24.4 Å². The van der Waals surface area contributed by atoms with Crippen molar-refractivity contribution in [1.29, 1.82) is 0 Å². The van der Waals surface area contributed by atoms with Crippen LogP contribution in [-0.4, -0.2) is 20.6 Å². The second kappa shape index (κ2) is 6.47.